The molecule has 0 aromatic heterocycles. The quantitative estimate of drug-likeness (QED) is 0.511. The third-order valence-electron chi connectivity index (χ3n) is 3.16. The summed E-state index contributed by atoms with van der Waals surface area (Å²) in [7, 11) is 1.65. The molecule has 4 heteroatoms. The molecular formula is C16H18Cl2O2. The van der Waals surface area contributed by atoms with Gasteiger partial charge in [0.15, 0.2) is 0 Å². The zero-order valence-corrected chi connectivity index (χ0v) is 13.0. The van der Waals surface area contributed by atoms with Crippen molar-refractivity contribution in [1.29, 1.82) is 0 Å². The van der Waals surface area contributed by atoms with Crippen molar-refractivity contribution >= 4 is 34.0 Å². The molecule has 0 aliphatic heterocycles. The minimum Gasteiger partial charge on any atom is -0.497 e. The second kappa shape index (κ2) is 7.61. The molecule has 108 valence electrons. The van der Waals surface area contributed by atoms with E-state index in [-0.39, 0.29) is 0 Å². The van der Waals surface area contributed by atoms with Crippen LogP contribution in [0.25, 0.3) is 10.8 Å². The van der Waals surface area contributed by atoms with Gasteiger partial charge in [-0.15, -0.1) is 11.6 Å². The Kier molecular flexibility index (Phi) is 5.81. The van der Waals surface area contributed by atoms with E-state index < -0.39 is 0 Å². The fourth-order valence-corrected chi connectivity index (χ4v) is 2.52. The molecule has 0 fully saturated rings. The van der Waals surface area contributed by atoms with Gasteiger partial charge in [0.25, 0.3) is 0 Å². The number of alkyl halides is 1. The van der Waals surface area contributed by atoms with Gasteiger partial charge in [0.2, 0.25) is 0 Å². The Balaban J connectivity index is 2.09. The molecule has 0 unspecified atom stereocenters. The molecule has 0 atom stereocenters. The predicted octanol–water partition coefficient (Wildman–Crippen LogP) is 5.29. The van der Waals surface area contributed by atoms with E-state index in [2.05, 4.69) is 0 Å². The van der Waals surface area contributed by atoms with Crippen molar-refractivity contribution in [2.75, 3.05) is 19.6 Å². The standard InChI is InChI=1S/C16H18Cl2O2/c1-19-13-6-7-14-12(11-13)5-8-15(16(14)18)20-10-4-2-3-9-17/h5-8,11H,2-4,9-10H2,1H3. The maximum Gasteiger partial charge on any atom is 0.138 e. The van der Waals surface area contributed by atoms with Gasteiger partial charge in [-0.3, -0.25) is 0 Å². The van der Waals surface area contributed by atoms with E-state index in [1.165, 1.54) is 0 Å². The average Bonchev–Trinajstić information content (AvgIpc) is 2.48. The monoisotopic (exact) mass is 312 g/mol. The van der Waals surface area contributed by atoms with Crippen LogP contribution in [0.15, 0.2) is 30.3 Å². The van der Waals surface area contributed by atoms with Gasteiger partial charge in [-0.1, -0.05) is 17.7 Å². The minimum atomic E-state index is 0.655. The third kappa shape index (κ3) is 3.71. The molecule has 0 spiro atoms. The first-order valence-corrected chi connectivity index (χ1v) is 7.62. The lowest BCUT2D eigenvalue weighted by Crippen LogP contribution is -1.98. The molecule has 0 radical (unpaired) electrons. The van der Waals surface area contributed by atoms with Gasteiger partial charge in [-0.25, -0.2) is 0 Å². The summed E-state index contributed by atoms with van der Waals surface area (Å²) in [6, 6.07) is 9.73. The van der Waals surface area contributed by atoms with Crippen LogP contribution in [0.4, 0.5) is 0 Å². The molecule has 2 nitrogen and oxygen atoms in total. The van der Waals surface area contributed by atoms with E-state index in [4.69, 9.17) is 32.7 Å². The molecule has 2 aromatic rings. The lowest BCUT2D eigenvalue weighted by molar-refractivity contribution is 0.307. The molecule has 2 rings (SSSR count). The van der Waals surface area contributed by atoms with Gasteiger partial charge < -0.3 is 9.47 Å². The first-order valence-electron chi connectivity index (χ1n) is 6.71. The number of rotatable bonds is 7. The molecule has 0 N–H and O–H groups in total. The molecule has 0 saturated heterocycles. The Hall–Kier alpha value is -1.12. The van der Waals surface area contributed by atoms with Gasteiger partial charge in [0.05, 0.1) is 18.7 Å². The number of hydrogen-bond donors (Lipinski definition) is 0. The van der Waals surface area contributed by atoms with Crippen molar-refractivity contribution in [3.63, 3.8) is 0 Å². The zero-order valence-electron chi connectivity index (χ0n) is 11.5. The smallest absolute Gasteiger partial charge is 0.138 e. The van der Waals surface area contributed by atoms with Gasteiger partial charge >= 0.3 is 0 Å². The minimum absolute atomic E-state index is 0.655. The largest absolute Gasteiger partial charge is 0.497 e. The first-order chi connectivity index (χ1) is 9.76. The van der Waals surface area contributed by atoms with Crippen LogP contribution in [0, 0.1) is 0 Å². The summed E-state index contributed by atoms with van der Waals surface area (Å²) in [5, 5.41) is 2.68. The van der Waals surface area contributed by atoms with Crippen molar-refractivity contribution in [2.24, 2.45) is 0 Å². The summed E-state index contributed by atoms with van der Waals surface area (Å²) in [6.45, 7) is 0.665. The van der Waals surface area contributed by atoms with Crippen molar-refractivity contribution in [1.82, 2.24) is 0 Å². The Bertz CT molecular complexity index is 570. The number of benzene rings is 2. The summed E-state index contributed by atoms with van der Waals surface area (Å²) in [4.78, 5) is 0. The maximum atomic E-state index is 6.39. The number of halogens is 2. The molecule has 0 aliphatic carbocycles. The number of unbranched alkanes of at least 4 members (excludes halogenated alkanes) is 2. The van der Waals surface area contributed by atoms with Crippen LogP contribution in [0.3, 0.4) is 0 Å². The highest BCUT2D eigenvalue weighted by molar-refractivity contribution is 6.37. The third-order valence-corrected chi connectivity index (χ3v) is 3.82. The van der Waals surface area contributed by atoms with Crippen molar-refractivity contribution in [2.45, 2.75) is 19.3 Å². The molecule has 0 bridgehead atoms. The number of methoxy groups -OCH3 is 1. The van der Waals surface area contributed by atoms with Gasteiger partial charge in [-0.2, -0.15) is 0 Å². The first kappa shape index (κ1) is 15.3. The number of hydrogen-bond acceptors (Lipinski definition) is 2. The summed E-state index contributed by atoms with van der Waals surface area (Å²) < 4.78 is 11.0. The van der Waals surface area contributed by atoms with Crippen LogP contribution in [0.1, 0.15) is 19.3 Å². The number of fused-ring (bicyclic) bond motifs is 1. The summed E-state index contributed by atoms with van der Waals surface area (Å²) in [6.07, 6.45) is 3.09. The Morgan fingerprint density at radius 3 is 2.65 bits per heavy atom. The Morgan fingerprint density at radius 2 is 1.90 bits per heavy atom. The molecule has 0 saturated carbocycles. The Morgan fingerprint density at radius 1 is 1.05 bits per heavy atom. The van der Waals surface area contributed by atoms with Crippen molar-refractivity contribution < 1.29 is 9.47 Å². The van der Waals surface area contributed by atoms with Crippen molar-refractivity contribution in [3.8, 4) is 11.5 Å². The summed E-state index contributed by atoms with van der Waals surface area (Å²) in [5.74, 6) is 2.26. The van der Waals surface area contributed by atoms with E-state index in [0.717, 1.165) is 41.5 Å². The normalized spacial score (nSPS) is 10.8. The van der Waals surface area contributed by atoms with E-state index in [1.807, 2.05) is 30.3 Å². The lowest BCUT2D eigenvalue weighted by Gasteiger charge is -2.10. The second-order valence-corrected chi connectivity index (χ2v) is 5.32. The maximum absolute atomic E-state index is 6.39. The highest BCUT2D eigenvalue weighted by atomic mass is 35.5. The van der Waals surface area contributed by atoms with Gasteiger partial charge in [0, 0.05) is 11.3 Å². The van der Waals surface area contributed by atoms with Crippen molar-refractivity contribution in [3.05, 3.63) is 35.4 Å². The van der Waals surface area contributed by atoms with Crippen LogP contribution in [0.5, 0.6) is 11.5 Å². The van der Waals surface area contributed by atoms with Gasteiger partial charge in [-0.05, 0) is 48.9 Å². The topological polar surface area (TPSA) is 18.5 Å². The molecule has 0 aliphatic rings. The molecule has 20 heavy (non-hydrogen) atoms. The average molecular weight is 313 g/mol. The highest BCUT2D eigenvalue weighted by Gasteiger charge is 2.07. The van der Waals surface area contributed by atoms with Crippen LogP contribution < -0.4 is 9.47 Å². The fraction of sp³-hybridized carbons (Fsp3) is 0.375. The Labute approximate surface area is 129 Å². The second-order valence-electron chi connectivity index (χ2n) is 4.56. The van der Waals surface area contributed by atoms with E-state index in [9.17, 15) is 0 Å². The van der Waals surface area contributed by atoms with Gasteiger partial charge in [0.1, 0.15) is 11.5 Å². The highest BCUT2D eigenvalue weighted by Crippen LogP contribution is 2.34. The summed E-state index contributed by atoms with van der Waals surface area (Å²) >= 11 is 12.0. The van der Waals surface area contributed by atoms with Crippen LogP contribution in [0.2, 0.25) is 5.02 Å². The van der Waals surface area contributed by atoms with Crippen LogP contribution in [-0.2, 0) is 0 Å². The van der Waals surface area contributed by atoms with Crippen LogP contribution in [-0.4, -0.2) is 19.6 Å². The fourth-order valence-electron chi connectivity index (χ4n) is 2.04. The zero-order chi connectivity index (χ0) is 14.4. The molecule has 2 aromatic carbocycles. The molecular weight excluding hydrogens is 295 g/mol. The number of ether oxygens (including phenoxy) is 2. The SMILES string of the molecule is COc1ccc2c(Cl)c(OCCCCCCl)ccc2c1. The predicted molar refractivity (Wildman–Crippen MR) is 85.6 cm³/mol. The molecule has 0 heterocycles. The van der Waals surface area contributed by atoms with E-state index in [1.54, 1.807) is 7.11 Å². The van der Waals surface area contributed by atoms with Crippen LogP contribution >= 0.6 is 23.2 Å². The molecule has 0 amide bonds. The van der Waals surface area contributed by atoms with E-state index in [0.29, 0.717) is 17.5 Å². The summed E-state index contributed by atoms with van der Waals surface area (Å²) in [5.41, 5.74) is 0. The lowest BCUT2D eigenvalue weighted by atomic mass is 10.1. The van der Waals surface area contributed by atoms with E-state index >= 15 is 0 Å².